The lowest BCUT2D eigenvalue weighted by Crippen LogP contribution is -2.10. The predicted molar refractivity (Wildman–Crippen MR) is 61.4 cm³/mol. The maximum atomic E-state index is 11.1. The number of nitro groups is 1. The number of hydrogen-bond acceptors (Lipinski definition) is 4. The summed E-state index contributed by atoms with van der Waals surface area (Å²) in [6, 6.07) is 5.87. The molecule has 2 rings (SSSR count). The Bertz CT molecular complexity index is 592. The molecule has 0 bridgehead atoms. The van der Waals surface area contributed by atoms with E-state index in [0.717, 1.165) is 0 Å². The van der Waals surface area contributed by atoms with Gasteiger partial charge in [-0.05, 0) is 11.6 Å². The van der Waals surface area contributed by atoms with Gasteiger partial charge in [0, 0.05) is 18.5 Å². The molecule has 92 valence electrons. The molecule has 1 aromatic carbocycles. The molecule has 0 aliphatic carbocycles. The van der Waals surface area contributed by atoms with Crippen LogP contribution in [0.2, 0.25) is 0 Å². The summed E-state index contributed by atoms with van der Waals surface area (Å²) in [5, 5.41) is 23.8. The second-order valence-corrected chi connectivity index (χ2v) is 3.58. The number of carboxylic acids is 1. The third-order valence-electron chi connectivity index (χ3n) is 2.43. The summed E-state index contributed by atoms with van der Waals surface area (Å²) in [6.45, 7) is 0.177. The van der Waals surface area contributed by atoms with Gasteiger partial charge in [0.15, 0.2) is 0 Å². The van der Waals surface area contributed by atoms with E-state index in [1.54, 1.807) is 18.5 Å². The average molecular weight is 247 g/mol. The second kappa shape index (κ2) is 4.66. The number of nitrogens with zero attached hydrogens (tertiary/aromatic N) is 3. The summed E-state index contributed by atoms with van der Waals surface area (Å²) in [5.74, 6) is -1.32. The zero-order valence-electron chi connectivity index (χ0n) is 9.18. The van der Waals surface area contributed by atoms with Crippen molar-refractivity contribution in [1.29, 1.82) is 0 Å². The molecule has 0 amide bonds. The van der Waals surface area contributed by atoms with Crippen molar-refractivity contribution >= 4 is 11.7 Å². The van der Waals surface area contributed by atoms with Gasteiger partial charge in [-0.25, -0.2) is 4.79 Å². The van der Waals surface area contributed by atoms with Gasteiger partial charge in [0.2, 0.25) is 0 Å². The van der Waals surface area contributed by atoms with Gasteiger partial charge >= 0.3 is 5.97 Å². The van der Waals surface area contributed by atoms with Crippen molar-refractivity contribution in [2.75, 3.05) is 0 Å². The molecule has 7 nitrogen and oxygen atoms in total. The third-order valence-corrected chi connectivity index (χ3v) is 2.43. The zero-order chi connectivity index (χ0) is 13.1. The van der Waals surface area contributed by atoms with Crippen molar-refractivity contribution < 1.29 is 14.8 Å². The number of aromatic nitrogens is 2. The predicted octanol–water partition coefficient (Wildman–Crippen LogP) is 1.54. The van der Waals surface area contributed by atoms with E-state index >= 15 is 0 Å². The highest BCUT2D eigenvalue weighted by Crippen LogP contribution is 2.22. The Kier molecular flexibility index (Phi) is 3.05. The lowest BCUT2D eigenvalue weighted by molar-refractivity contribution is -0.385. The molecule has 0 spiro atoms. The van der Waals surface area contributed by atoms with E-state index in [2.05, 4.69) is 5.10 Å². The number of aromatic carboxylic acids is 1. The van der Waals surface area contributed by atoms with Crippen LogP contribution in [0.4, 0.5) is 5.69 Å². The molecule has 0 atom stereocenters. The Morgan fingerprint density at radius 2 is 2.22 bits per heavy atom. The second-order valence-electron chi connectivity index (χ2n) is 3.58. The topological polar surface area (TPSA) is 98.3 Å². The Labute approximate surface area is 101 Å². The maximum absolute atomic E-state index is 11.1. The number of rotatable bonds is 4. The molecule has 0 fully saturated rings. The summed E-state index contributed by atoms with van der Waals surface area (Å²) in [4.78, 5) is 21.2. The van der Waals surface area contributed by atoms with Crippen LogP contribution >= 0.6 is 0 Å². The molecular weight excluding hydrogens is 238 g/mol. The lowest BCUT2D eigenvalue weighted by Gasteiger charge is -2.06. The number of carboxylic acid groups (broad SMARTS) is 1. The van der Waals surface area contributed by atoms with Crippen LogP contribution in [0.15, 0.2) is 36.7 Å². The smallest absolute Gasteiger partial charge is 0.343 e. The quantitative estimate of drug-likeness (QED) is 0.652. The SMILES string of the molecule is O=C(O)c1c(Cn2cccn2)cccc1[N+](=O)[O-]. The summed E-state index contributed by atoms with van der Waals surface area (Å²) in [6.07, 6.45) is 3.21. The lowest BCUT2D eigenvalue weighted by atomic mass is 10.1. The molecule has 0 aliphatic rings. The molecule has 0 unspecified atom stereocenters. The summed E-state index contributed by atoms with van der Waals surface area (Å²) < 4.78 is 1.51. The average Bonchev–Trinajstić information content (AvgIpc) is 2.81. The fourth-order valence-corrected chi connectivity index (χ4v) is 1.69. The highest BCUT2D eigenvalue weighted by Gasteiger charge is 2.23. The Hall–Kier alpha value is -2.70. The first kappa shape index (κ1) is 11.8. The van der Waals surface area contributed by atoms with E-state index in [1.807, 2.05) is 0 Å². The molecule has 18 heavy (non-hydrogen) atoms. The molecule has 1 N–H and O–H groups in total. The van der Waals surface area contributed by atoms with Gasteiger partial charge in [0.1, 0.15) is 5.56 Å². The van der Waals surface area contributed by atoms with E-state index in [0.29, 0.717) is 5.56 Å². The van der Waals surface area contributed by atoms with E-state index in [9.17, 15) is 14.9 Å². The highest BCUT2D eigenvalue weighted by atomic mass is 16.6. The minimum absolute atomic E-state index is 0.177. The first-order valence-corrected chi connectivity index (χ1v) is 5.06. The van der Waals surface area contributed by atoms with E-state index in [-0.39, 0.29) is 12.1 Å². The first-order valence-electron chi connectivity index (χ1n) is 5.06. The van der Waals surface area contributed by atoms with Gasteiger partial charge in [0.05, 0.1) is 11.5 Å². The fraction of sp³-hybridized carbons (Fsp3) is 0.0909. The standard InChI is InChI=1S/C11H9N3O4/c15-11(16)10-8(7-13-6-2-5-12-13)3-1-4-9(10)14(17)18/h1-6H,7H2,(H,15,16). The van der Waals surface area contributed by atoms with Gasteiger partial charge in [0.25, 0.3) is 5.69 Å². The fourth-order valence-electron chi connectivity index (χ4n) is 1.69. The molecule has 2 aromatic rings. The van der Waals surface area contributed by atoms with Gasteiger partial charge < -0.3 is 5.11 Å². The summed E-state index contributed by atoms with van der Waals surface area (Å²) in [5.41, 5.74) is -0.356. The third kappa shape index (κ3) is 2.19. The zero-order valence-corrected chi connectivity index (χ0v) is 9.18. The number of hydrogen-bond donors (Lipinski definition) is 1. The highest BCUT2D eigenvalue weighted by molar-refractivity contribution is 5.94. The van der Waals surface area contributed by atoms with E-state index in [1.165, 1.54) is 22.9 Å². The van der Waals surface area contributed by atoms with Crippen LogP contribution < -0.4 is 0 Å². The molecule has 1 aromatic heterocycles. The monoisotopic (exact) mass is 247 g/mol. The van der Waals surface area contributed by atoms with Crippen molar-refractivity contribution in [3.8, 4) is 0 Å². The van der Waals surface area contributed by atoms with E-state index < -0.39 is 16.6 Å². The Morgan fingerprint density at radius 3 is 2.78 bits per heavy atom. The van der Waals surface area contributed by atoms with Gasteiger partial charge in [-0.15, -0.1) is 0 Å². The van der Waals surface area contributed by atoms with Crippen LogP contribution in [0.1, 0.15) is 15.9 Å². The Balaban J connectivity index is 2.49. The van der Waals surface area contributed by atoms with Crippen molar-refractivity contribution in [2.24, 2.45) is 0 Å². The molecule has 7 heteroatoms. The normalized spacial score (nSPS) is 10.2. The van der Waals surface area contributed by atoms with Crippen molar-refractivity contribution in [3.05, 3.63) is 57.9 Å². The molecule has 0 aliphatic heterocycles. The molecular formula is C11H9N3O4. The van der Waals surface area contributed by atoms with Crippen molar-refractivity contribution in [1.82, 2.24) is 9.78 Å². The van der Waals surface area contributed by atoms with Crippen LogP contribution in [-0.4, -0.2) is 25.8 Å². The van der Waals surface area contributed by atoms with Crippen LogP contribution in [0, 0.1) is 10.1 Å². The largest absolute Gasteiger partial charge is 0.477 e. The van der Waals surface area contributed by atoms with Crippen LogP contribution in [0.5, 0.6) is 0 Å². The van der Waals surface area contributed by atoms with Gasteiger partial charge in [-0.3, -0.25) is 14.8 Å². The van der Waals surface area contributed by atoms with E-state index in [4.69, 9.17) is 5.11 Å². The first-order chi connectivity index (χ1) is 8.59. The maximum Gasteiger partial charge on any atom is 0.343 e. The van der Waals surface area contributed by atoms with Crippen LogP contribution in [0.3, 0.4) is 0 Å². The van der Waals surface area contributed by atoms with Gasteiger partial charge in [-0.2, -0.15) is 5.10 Å². The van der Waals surface area contributed by atoms with Gasteiger partial charge in [-0.1, -0.05) is 12.1 Å². The van der Waals surface area contributed by atoms with Crippen molar-refractivity contribution in [3.63, 3.8) is 0 Å². The molecule has 0 saturated carbocycles. The molecule has 0 radical (unpaired) electrons. The summed E-state index contributed by atoms with van der Waals surface area (Å²) in [7, 11) is 0. The summed E-state index contributed by atoms with van der Waals surface area (Å²) >= 11 is 0. The molecule has 0 saturated heterocycles. The minimum Gasteiger partial charge on any atom is -0.477 e. The van der Waals surface area contributed by atoms with Crippen LogP contribution in [0.25, 0.3) is 0 Å². The minimum atomic E-state index is -1.32. The molecule has 1 heterocycles. The Morgan fingerprint density at radius 1 is 1.44 bits per heavy atom. The number of carbonyl (C=O) groups is 1. The number of benzene rings is 1. The van der Waals surface area contributed by atoms with Crippen molar-refractivity contribution in [2.45, 2.75) is 6.54 Å². The number of nitro benzene ring substituents is 1. The van der Waals surface area contributed by atoms with Crippen LogP contribution in [-0.2, 0) is 6.54 Å².